The van der Waals surface area contributed by atoms with Gasteiger partial charge in [-0.25, -0.2) is 13.4 Å². The number of anilines is 1. The van der Waals surface area contributed by atoms with Crippen molar-refractivity contribution in [2.75, 3.05) is 4.72 Å². The summed E-state index contributed by atoms with van der Waals surface area (Å²) in [5, 5.41) is 0.464. The number of aryl methyl sites for hydroxylation is 3. The Balaban J connectivity index is 2.03. The highest BCUT2D eigenvalue weighted by atomic mass is 35.5. The molecule has 0 aliphatic carbocycles. The standard InChI is InChI=1S/C18H17ClN2O3S/c1-11-5-7-15(19)9-16(11)21-25(22,23)18-8-14(6-4-12(18)2)17-10-20-13(3)24-17/h4-10,21H,1-3H3. The minimum absolute atomic E-state index is 0.179. The number of benzene rings is 2. The van der Waals surface area contributed by atoms with E-state index in [-0.39, 0.29) is 4.90 Å². The van der Waals surface area contributed by atoms with Crippen LogP contribution in [0.4, 0.5) is 5.69 Å². The zero-order valence-electron chi connectivity index (χ0n) is 14.0. The Morgan fingerprint density at radius 3 is 2.44 bits per heavy atom. The Bertz CT molecular complexity index is 1040. The lowest BCUT2D eigenvalue weighted by atomic mass is 10.1. The number of hydrogen-bond donors (Lipinski definition) is 1. The third-order valence-corrected chi connectivity index (χ3v) is 5.57. The summed E-state index contributed by atoms with van der Waals surface area (Å²) in [6.45, 7) is 5.29. The Hall–Kier alpha value is -2.31. The summed E-state index contributed by atoms with van der Waals surface area (Å²) in [5.41, 5.74) is 2.52. The third-order valence-electron chi connectivity index (χ3n) is 3.83. The summed E-state index contributed by atoms with van der Waals surface area (Å²) in [7, 11) is -3.78. The van der Waals surface area contributed by atoms with E-state index in [0.717, 1.165) is 5.56 Å². The van der Waals surface area contributed by atoms with Crippen molar-refractivity contribution in [3.8, 4) is 11.3 Å². The zero-order valence-corrected chi connectivity index (χ0v) is 15.6. The van der Waals surface area contributed by atoms with E-state index >= 15 is 0 Å². The van der Waals surface area contributed by atoms with E-state index in [2.05, 4.69) is 9.71 Å². The first-order valence-electron chi connectivity index (χ1n) is 7.59. The third kappa shape index (κ3) is 3.70. The monoisotopic (exact) mass is 376 g/mol. The molecule has 1 aromatic heterocycles. The molecule has 0 bridgehead atoms. The van der Waals surface area contributed by atoms with Crippen LogP contribution in [0.3, 0.4) is 0 Å². The number of rotatable bonds is 4. The van der Waals surface area contributed by atoms with Crippen LogP contribution < -0.4 is 4.72 Å². The van der Waals surface area contributed by atoms with Crippen molar-refractivity contribution in [2.45, 2.75) is 25.7 Å². The Kier molecular flexibility index (Phi) is 4.58. The molecule has 1 heterocycles. The molecule has 0 amide bonds. The van der Waals surface area contributed by atoms with Gasteiger partial charge in [-0.3, -0.25) is 4.72 Å². The average molecular weight is 377 g/mol. The van der Waals surface area contributed by atoms with Gasteiger partial charge in [0.05, 0.1) is 16.8 Å². The Labute approximate surface area is 151 Å². The van der Waals surface area contributed by atoms with E-state index in [1.165, 1.54) is 0 Å². The van der Waals surface area contributed by atoms with Gasteiger partial charge in [0.2, 0.25) is 0 Å². The number of halogens is 1. The summed E-state index contributed by atoms with van der Waals surface area (Å²) in [5.74, 6) is 1.04. The molecule has 2 aromatic carbocycles. The molecule has 0 radical (unpaired) electrons. The minimum Gasteiger partial charge on any atom is -0.441 e. The van der Waals surface area contributed by atoms with E-state index in [1.807, 2.05) is 6.92 Å². The highest BCUT2D eigenvalue weighted by molar-refractivity contribution is 7.92. The lowest BCUT2D eigenvalue weighted by Gasteiger charge is -2.13. The van der Waals surface area contributed by atoms with Crippen molar-refractivity contribution in [1.82, 2.24) is 4.98 Å². The number of oxazole rings is 1. The van der Waals surface area contributed by atoms with Crippen LogP contribution in [0.5, 0.6) is 0 Å². The maximum atomic E-state index is 12.9. The van der Waals surface area contributed by atoms with Crippen molar-refractivity contribution in [1.29, 1.82) is 0 Å². The molecule has 0 spiro atoms. The molecule has 1 N–H and O–H groups in total. The van der Waals surface area contributed by atoms with Gasteiger partial charge in [0.1, 0.15) is 0 Å². The van der Waals surface area contributed by atoms with Gasteiger partial charge in [0.15, 0.2) is 11.7 Å². The SMILES string of the molecule is Cc1ncc(-c2ccc(C)c(S(=O)(=O)Nc3cc(Cl)ccc3C)c2)o1. The largest absolute Gasteiger partial charge is 0.441 e. The van der Waals surface area contributed by atoms with E-state index in [4.69, 9.17) is 16.0 Å². The van der Waals surface area contributed by atoms with E-state index in [1.54, 1.807) is 56.4 Å². The predicted molar refractivity (Wildman–Crippen MR) is 98.4 cm³/mol. The van der Waals surface area contributed by atoms with Gasteiger partial charge in [-0.05, 0) is 43.2 Å². The predicted octanol–water partition coefficient (Wildman–Crippen LogP) is 4.72. The second kappa shape index (κ2) is 6.54. The number of nitrogens with zero attached hydrogens (tertiary/aromatic N) is 1. The normalized spacial score (nSPS) is 11.5. The van der Waals surface area contributed by atoms with Gasteiger partial charge in [-0.2, -0.15) is 0 Å². The van der Waals surface area contributed by atoms with Gasteiger partial charge >= 0.3 is 0 Å². The molecule has 0 atom stereocenters. The van der Waals surface area contributed by atoms with E-state index in [0.29, 0.717) is 33.5 Å². The van der Waals surface area contributed by atoms with Crippen LogP contribution >= 0.6 is 11.6 Å². The summed E-state index contributed by atoms with van der Waals surface area (Å²) in [6, 6.07) is 10.2. The van der Waals surface area contributed by atoms with Crippen molar-refractivity contribution < 1.29 is 12.8 Å². The first-order valence-corrected chi connectivity index (χ1v) is 9.45. The van der Waals surface area contributed by atoms with E-state index < -0.39 is 10.0 Å². The Morgan fingerprint density at radius 2 is 1.76 bits per heavy atom. The molecule has 0 aliphatic heterocycles. The van der Waals surface area contributed by atoms with Gasteiger partial charge in [-0.15, -0.1) is 0 Å². The molecule has 0 saturated carbocycles. The molecule has 3 rings (SSSR count). The van der Waals surface area contributed by atoms with Crippen molar-refractivity contribution in [3.05, 3.63) is 64.6 Å². The number of nitrogens with one attached hydrogen (secondary N) is 1. The summed E-state index contributed by atoms with van der Waals surface area (Å²) in [6.07, 6.45) is 1.57. The smallest absolute Gasteiger partial charge is 0.262 e. The van der Waals surface area contributed by atoms with Gasteiger partial charge in [0, 0.05) is 17.5 Å². The van der Waals surface area contributed by atoms with Crippen LogP contribution in [0.1, 0.15) is 17.0 Å². The summed E-state index contributed by atoms with van der Waals surface area (Å²) in [4.78, 5) is 4.23. The van der Waals surface area contributed by atoms with Crippen molar-refractivity contribution in [3.63, 3.8) is 0 Å². The second-order valence-corrected chi connectivity index (χ2v) is 7.88. The van der Waals surface area contributed by atoms with Crippen LogP contribution in [-0.4, -0.2) is 13.4 Å². The average Bonchev–Trinajstić information content (AvgIpc) is 2.97. The first kappa shape index (κ1) is 17.5. The molecule has 5 nitrogen and oxygen atoms in total. The van der Waals surface area contributed by atoms with Gasteiger partial charge in [-0.1, -0.05) is 29.8 Å². The maximum absolute atomic E-state index is 12.9. The van der Waals surface area contributed by atoms with Gasteiger partial charge in [0.25, 0.3) is 10.0 Å². The topological polar surface area (TPSA) is 72.2 Å². The fraction of sp³-hybridized carbons (Fsp3) is 0.167. The molecule has 25 heavy (non-hydrogen) atoms. The fourth-order valence-electron chi connectivity index (χ4n) is 2.44. The van der Waals surface area contributed by atoms with E-state index in [9.17, 15) is 8.42 Å². The van der Waals surface area contributed by atoms with Crippen LogP contribution in [0.15, 0.2) is 51.9 Å². The lowest BCUT2D eigenvalue weighted by Crippen LogP contribution is -2.15. The van der Waals surface area contributed by atoms with Gasteiger partial charge < -0.3 is 4.42 Å². The fourth-order valence-corrected chi connectivity index (χ4v) is 4.01. The molecule has 7 heteroatoms. The highest BCUT2D eigenvalue weighted by Gasteiger charge is 2.20. The maximum Gasteiger partial charge on any atom is 0.262 e. The molecule has 130 valence electrons. The molecule has 0 unspecified atom stereocenters. The van der Waals surface area contributed by atoms with Crippen LogP contribution in [-0.2, 0) is 10.0 Å². The number of hydrogen-bond acceptors (Lipinski definition) is 4. The summed E-state index contributed by atoms with van der Waals surface area (Å²) >= 11 is 5.98. The second-order valence-electron chi connectivity index (χ2n) is 5.79. The van der Waals surface area contributed by atoms with Crippen molar-refractivity contribution in [2.24, 2.45) is 0 Å². The lowest BCUT2D eigenvalue weighted by molar-refractivity contribution is 0.534. The van der Waals surface area contributed by atoms with Crippen LogP contribution in [0.2, 0.25) is 5.02 Å². The Morgan fingerprint density at radius 1 is 1.04 bits per heavy atom. The molecular formula is C18H17ClN2O3S. The van der Waals surface area contributed by atoms with Crippen LogP contribution in [0, 0.1) is 20.8 Å². The first-order chi connectivity index (χ1) is 11.8. The molecule has 0 saturated heterocycles. The zero-order chi connectivity index (χ0) is 18.2. The number of sulfonamides is 1. The molecule has 0 aliphatic rings. The number of aromatic nitrogens is 1. The summed E-state index contributed by atoms with van der Waals surface area (Å²) < 4.78 is 33.8. The molecule has 0 fully saturated rings. The molecular weight excluding hydrogens is 360 g/mol. The minimum atomic E-state index is -3.78. The van der Waals surface area contributed by atoms with Crippen molar-refractivity contribution >= 4 is 27.3 Å². The van der Waals surface area contributed by atoms with Crippen LogP contribution in [0.25, 0.3) is 11.3 Å². The quantitative estimate of drug-likeness (QED) is 0.715. The highest BCUT2D eigenvalue weighted by Crippen LogP contribution is 2.28. The molecule has 3 aromatic rings.